The highest BCUT2D eigenvalue weighted by atomic mass is 79.9. The predicted octanol–water partition coefficient (Wildman–Crippen LogP) is 3.93. The molecular formula is C17H16BrNO2. The van der Waals surface area contributed by atoms with E-state index >= 15 is 0 Å². The van der Waals surface area contributed by atoms with Crippen molar-refractivity contribution < 1.29 is 9.53 Å². The number of rotatable bonds is 2. The molecule has 0 unspecified atom stereocenters. The summed E-state index contributed by atoms with van der Waals surface area (Å²) in [5.74, 6) is 0.822. The molecule has 2 aromatic carbocycles. The van der Waals surface area contributed by atoms with Crippen molar-refractivity contribution in [2.24, 2.45) is 0 Å². The largest absolute Gasteiger partial charge is 0.492 e. The first-order chi connectivity index (χ1) is 9.88. The Labute approximate surface area is 132 Å². The van der Waals surface area contributed by atoms with E-state index < -0.39 is 0 Å². The van der Waals surface area contributed by atoms with Gasteiger partial charge in [-0.2, -0.15) is 0 Å². The van der Waals surface area contributed by atoms with Gasteiger partial charge in [-0.15, -0.1) is 0 Å². The average molecular weight is 346 g/mol. The Morgan fingerprint density at radius 3 is 2.76 bits per heavy atom. The highest BCUT2D eigenvalue weighted by Crippen LogP contribution is 2.39. The molecule has 0 aromatic heterocycles. The lowest BCUT2D eigenvalue weighted by molar-refractivity contribution is 0.103. The normalized spacial score (nSPS) is 15.4. The van der Waals surface area contributed by atoms with E-state index in [0.717, 1.165) is 15.8 Å². The molecule has 2 aromatic rings. The van der Waals surface area contributed by atoms with Crippen LogP contribution in [0.5, 0.6) is 5.75 Å². The molecule has 0 saturated carbocycles. The molecule has 3 nitrogen and oxygen atoms in total. The minimum atomic E-state index is -0.0709. The lowest BCUT2D eigenvalue weighted by Crippen LogP contribution is -2.18. The Hall–Kier alpha value is -1.81. The average Bonchev–Trinajstić information content (AvgIpc) is 2.76. The summed E-state index contributed by atoms with van der Waals surface area (Å²) in [6.07, 6.45) is 0. The van der Waals surface area contributed by atoms with Crippen molar-refractivity contribution in [3.8, 4) is 5.75 Å². The van der Waals surface area contributed by atoms with Gasteiger partial charge >= 0.3 is 0 Å². The standard InChI is InChI=1S/C17H16BrNO2/c1-17(2)9-21-15-6-3-10(7-13(15)17)16(20)12-8-11(19)4-5-14(12)18/h3-8H,9,19H2,1-2H3. The van der Waals surface area contributed by atoms with E-state index in [1.165, 1.54) is 0 Å². The Bertz CT molecular complexity index is 738. The number of carbonyl (C=O) groups excluding carboxylic acids is 1. The van der Waals surface area contributed by atoms with Crippen LogP contribution in [0.3, 0.4) is 0 Å². The third-order valence-electron chi connectivity index (χ3n) is 3.79. The van der Waals surface area contributed by atoms with Crippen LogP contribution in [-0.2, 0) is 5.41 Å². The second-order valence-electron chi connectivity index (χ2n) is 5.95. The summed E-state index contributed by atoms with van der Waals surface area (Å²) in [5.41, 5.74) is 8.59. The van der Waals surface area contributed by atoms with Crippen molar-refractivity contribution in [1.82, 2.24) is 0 Å². The van der Waals surface area contributed by atoms with Crippen LogP contribution in [0.25, 0.3) is 0 Å². The number of ketones is 1. The van der Waals surface area contributed by atoms with Crippen LogP contribution in [0.2, 0.25) is 0 Å². The number of fused-ring (bicyclic) bond motifs is 1. The molecule has 0 fully saturated rings. The number of nitrogen functional groups attached to an aromatic ring is 1. The first-order valence-electron chi connectivity index (χ1n) is 6.75. The molecule has 1 aliphatic heterocycles. The summed E-state index contributed by atoms with van der Waals surface area (Å²) in [6, 6.07) is 10.9. The van der Waals surface area contributed by atoms with Gasteiger partial charge in [-0.05, 0) is 36.4 Å². The zero-order valence-electron chi connectivity index (χ0n) is 11.9. The predicted molar refractivity (Wildman–Crippen MR) is 86.9 cm³/mol. The number of nitrogens with two attached hydrogens (primary N) is 1. The molecule has 0 atom stereocenters. The summed E-state index contributed by atoms with van der Waals surface area (Å²) in [5, 5.41) is 0. The van der Waals surface area contributed by atoms with Crippen molar-refractivity contribution in [2.75, 3.05) is 12.3 Å². The number of benzene rings is 2. The fraction of sp³-hybridized carbons (Fsp3) is 0.235. The van der Waals surface area contributed by atoms with Crippen LogP contribution in [0.1, 0.15) is 35.3 Å². The van der Waals surface area contributed by atoms with Crippen LogP contribution in [0.15, 0.2) is 40.9 Å². The van der Waals surface area contributed by atoms with Gasteiger partial charge in [0.15, 0.2) is 5.78 Å². The van der Waals surface area contributed by atoms with E-state index in [9.17, 15) is 4.79 Å². The van der Waals surface area contributed by atoms with Gasteiger partial charge in [-0.3, -0.25) is 4.79 Å². The van der Waals surface area contributed by atoms with E-state index in [2.05, 4.69) is 29.8 Å². The molecule has 0 saturated heterocycles. The Morgan fingerprint density at radius 1 is 1.24 bits per heavy atom. The second kappa shape index (κ2) is 4.88. The molecule has 4 heteroatoms. The van der Waals surface area contributed by atoms with Crippen LogP contribution in [0.4, 0.5) is 5.69 Å². The molecule has 1 heterocycles. The maximum Gasteiger partial charge on any atom is 0.194 e. The number of hydrogen-bond acceptors (Lipinski definition) is 3. The van der Waals surface area contributed by atoms with Crippen molar-refractivity contribution in [2.45, 2.75) is 19.3 Å². The summed E-state index contributed by atoms with van der Waals surface area (Å²) in [4.78, 5) is 12.7. The van der Waals surface area contributed by atoms with Gasteiger partial charge in [-0.25, -0.2) is 0 Å². The van der Waals surface area contributed by atoms with Gasteiger partial charge in [-0.1, -0.05) is 29.8 Å². The highest BCUT2D eigenvalue weighted by Gasteiger charge is 2.32. The Morgan fingerprint density at radius 2 is 2.00 bits per heavy atom. The number of anilines is 1. The van der Waals surface area contributed by atoms with E-state index in [4.69, 9.17) is 10.5 Å². The SMILES string of the molecule is CC1(C)COc2ccc(C(=O)c3cc(N)ccc3Br)cc21. The van der Waals surface area contributed by atoms with Gasteiger partial charge < -0.3 is 10.5 Å². The molecular weight excluding hydrogens is 330 g/mol. The molecule has 3 rings (SSSR count). The van der Waals surface area contributed by atoms with E-state index in [1.807, 2.05) is 12.1 Å². The monoisotopic (exact) mass is 345 g/mol. The van der Waals surface area contributed by atoms with Crippen molar-refractivity contribution in [3.05, 3.63) is 57.6 Å². The Balaban J connectivity index is 2.06. The fourth-order valence-electron chi connectivity index (χ4n) is 2.53. The third kappa shape index (κ3) is 2.44. The summed E-state index contributed by atoms with van der Waals surface area (Å²) >= 11 is 3.41. The van der Waals surface area contributed by atoms with Crippen LogP contribution < -0.4 is 10.5 Å². The minimum Gasteiger partial charge on any atom is -0.492 e. The zero-order valence-corrected chi connectivity index (χ0v) is 13.5. The molecule has 0 amide bonds. The van der Waals surface area contributed by atoms with E-state index in [1.54, 1.807) is 24.3 Å². The summed E-state index contributed by atoms with van der Waals surface area (Å²) in [6.45, 7) is 4.87. The smallest absolute Gasteiger partial charge is 0.194 e. The van der Waals surface area contributed by atoms with Gasteiger partial charge in [0, 0.05) is 32.3 Å². The number of ether oxygens (including phenoxy) is 1. The van der Waals surface area contributed by atoms with Crippen LogP contribution in [0, 0.1) is 0 Å². The minimum absolute atomic E-state index is 0.0420. The molecule has 2 N–H and O–H groups in total. The van der Waals surface area contributed by atoms with Crippen molar-refractivity contribution in [1.29, 1.82) is 0 Å². The highest BCUT2D eigenvalue weighted by molar-refractivity contribution is 9.10. The maximum atomic E-state index is 12.7. The fourth-order valence-corrected chi connectivity index (χ4v) is 2.96. The van der Waals surface area contributed by atoms with E-state index in [0.29, 0.717) is 23.4 Å². The molecule has 0 radical (unpaired) electrons. The van der Waals surface area contributed by atoms with Crippen molar-refractivity contribution >= 4 is 27.4 Å². The van der Waals surface area contributed by atoms with Gasteiger partial charge in [0.2, 0.25) is 0 Å². The van der Waals surface area contributed by atoms with Crippen LogP contribution in [-0.4, -0.2) is 12.4 Å². The molecule has 21 heavy (non-hydrogen) atoms. The molecule has 108 valence electrons. The first-order valence-corrected chi connectivity index (χ1v) is 7.55. The van der Waals surface area contributed by atoms with Crippen LogP contribution >= 0.6 is 15.9 Å². The summed E-state index contributed by atoms with van der Waals surface area (Å²) < 4.78 is 6.40. The first kappa shape index (κ1) is 14.1. The topological polar surface area (TPSA) is 52.3 Å². The number of hydrogen-bond donors (Lipinski definition) is 1. The lowest BCUT2D eigenvalue weighted by Gasteiger charge is -2.15. The summed E-state index contributed by atoms with van der Waals surface area (Å²) in [7, 11) is 0. The molecule has 1 aliphatic rings. The van der Waals surface area contributed by atoms with Gasteiger partial charge in [0.25, 0.3) is 0 Å². The third-order valence-corrected chi connectivity index (χ3v) is 4.49. The number of carbonyl (C=O) groups is 1. The molecule has 0 spiro atoms. The zero-order chi connectivity index (χ0) is 15.2. The van der Waals surface area contributed by atoms with Gasteiger partial charge in [0.1, 0.15) is 5.75 Å². The number of halogens is 1. The molecule has 0 bridgehead atoms. The quantitative estimate of drug-likeness (QED) is 0.662. The van der Waals surface area contributed by atoms with Crippen molar-refractivity contribution in [3.63, 3.8) is 0 Å². The lowest BCUT2D eigenvalue weighted by atomic mass is 9.85. The Kier molecular flexibility index (Phi) is 3.29. The maximum absolute atomic E-state index is 12.7. The van der Waals surface area contributed by atoms with Gasteiger partial charge in [0.05, 0.1) is 6.61 Å². The molecule has 0 aliphatic carbocycles. The second-order valence-corrected chi connectivity index (χ2v) is 6.81. The van der Waals surface area contributed by atoms with E-state index in [-0.39, 0.29) is 11.2 Å².